The molecule has 0 bridgehead atoms. The van der Waals surface area contributed by atoms with Crippen LogP contribution in [0.25, 0.3) is 0 Å². The Kier molecular flexibility index (Phi) is 4.26. The van der Waals surface area contributed by atoms with Crippen LogP contribution in [0.2, 0.25) is 0 Å². The molecule has 1 fully saturated rings. The minimum atomic E-state index is -0.891. The average molecular weight is 183 g/mol. The van der Waals surface area contributed by atoms with E-state index in [9.17, 15) is 9.90 Å². The Hall–Kier alpha value is -0.530. The number of carboxylic acids is 1. The Morgan fingerprint density at radius 1 is 1.23 bits per heavy atom. The van der Waals surface area contributed by atoms with Gasteiger partial charge in [0.25, 0.3) is 0 Å². The molecule has 0 atom stereocenters. The molecule has 2 heteroatoms. The lowest BCUT2D eigenvalue weighted by Gasteiger charge is -2.27. The molecule has 0 aliphatic heterocycles. The third kappa shape index (κ3) is 3.79. The third-order valence-electron chi connectivity index (χ3n) is 3.30. The molecule has 1 aliphatic rings. The van der Waals surface area contributed by atoms with Crippen LogP contribution < -0.4 is 5.11 Å². The third-order valence-corrected chi connectivity index (χ3v) is 3.30. The summed E-state index contributed by atoms with van der Waals surface area (Å²) in [6, 6.07) is 0. The Morgan fingerprint density at radius 2 is 1.77 bits per heavy atom. The summed E-state index contributed by atoms with van der Waals surface area (Å²) in [6.07, 6.45) is 7.42. The molecule has 13 heavy (non-hydrogen) atoms. The number of carbonyl (C=O) groups excluding carboxylic acids is 1. The normalized spacial score (nSPS) is 28.7. The van der Waals surface area contributed by atoms with E-state index < -0.39 is 5.97 Å². The number of carboxylic acid groups (broad SMARTS) is 1. The molecule has 0 N–H and O–H groups in total. The number of hydrogen-bond acceptors (Lipinski definition) is 2. The van der Waals surface area contributed by atoms with Crippen LogP contribution in [0.4, 0.5) is 0 Å². The highest BCUT2D eigenvalue weighted by atomic mass is 16.4. The van der Waals surface area contributed by atoms with Crippen LogP contribution in [0.5, 0.6) is 0 Å². The summed E-state index contributed by atoms with van der Waals surface area (Å²) in [7, 11) is 0. The van der Waals surface area contributed by atoms with Gasteiger partial charge in [0.05, 0.1) is 0 Å². The molecule has 1 aliphatic carbocycles. The predicted molar refractivity (Wildman–Crippen MR) is 50.0 cm³/mol. The summed E-state index contributed by atoms with van der Waals surface area (Å²) in [5, 5.41) is 10.3. The lowest BCUT2D eigenvalue weighted by molar-refractivity contribution is -0.306. The zero-order valence-corrected chi connectivity index (χ0v) is 8.42. The summed E-state index contributed by atoms with van der Waals surface area (Å²) in [5.41, 5.74) is 0. The van der Waals surface area contributed by atoms with Crippen LogP contribution >= 0.6 is 0 Å². The van der Waals surface area contributed by atoms with Gasteiger partial charge in [0.1, 0.15) is 0 Å². The second-order valence-electron chi connectivity index (χ2n) is 4.21. The highest BCUT2D eigenvalue weighted by Gasteiger charge is 2.19. The van der Waals surface area contributed by atoms with E-state index >= 15 is 0 Å². The number of rotatable bonds is 4. The van der Waals surface area contributed by atoms with Gasteiger partial charge < -0.3 is 9.90 Å². The van der Waals surface area contributed by atoms with E-state index in [4.69, 9.17) is 0 Å². The molecule has 1 saturated carbocycles. The first-order chi connectivity index (χ1) is 6.22. The van der Waals surface area contributed by atoms with Crippen molar-refractivity contribution in [3.05, 3.63) is 0 Å². The molecule has 0 saturated heterocycles. The molecule has 0 radical (unpaired) electrons. The summed E-state index contributed by atoms with van der Waals surface area (Å²) in [5.74, 6) is 0.664. The fraction of sp³-hybridized carbons (Fsp3) is 0.909. The van der Waals surface area contributed by atoms with Crippen molar-refractivity contribution in [1.82, 2.24) is 0 Å². The zero-order chi connectivity index (χ0) is 9.68. The van der Waals surface area contributed by atoms with E-state index in [1.54, 1.807) is 0 Å². The van der Waals surface area contributed by atoms with E-state index in [1.807, 2.05) is 0 Å². The fourth-order valence-corrected chi connectivity index (χ4v) is 2.25. The van der Waals surface area contributed by atoms with E-state index in [1.165, 1.54) is 32.1 Å². The van der Waals surface area contributed by atoms with Gasteiger partial charge in [-0.25, -0.2) is 0 Å². The first-order valence-corrected chi connectivity index (χ1v) is 5.42. The van der Waals surface area contributed by atoms with E-state index in [0.717, 1.165) is 12.3 Å². The van der Waals surface area contributed by atoms with Gasteiger partial charge in [0.2, 0.25) is 0 Å². The number of hydrogen-bond donors (Lipinski definition) is 0. The van der Waals surface area contributed by atoms with Crippen LogP contribution in [0.15, 0.2) is 0 Å². The van der Waals surface area contributed by atoms with Crippen molar-refractivity contribution in [1.29, 1.82) is 0 Å². The van der Waals surface area contributed by atoms with Gasteiger partial charge in [-0.1, -0.05) is 39.0 Å². The Bertz CT molecular complexity index is 157. The summed E-state index contributed by atoms with van der Waals surface area (Å²) in [4.78, 5) is 10.3. The average Bonchev–Trinajstić information content (AvgIpc) is 2.15. The number of aliphatic carboxylic acids is 1. The lowest BCUT2D eigenvalue weighted by Crippen LogP contribution is -2.23. The maximum atomic E-state index is 10.3. The second kappa shape index (κ2) is 5.25. The Labute approximate surface area is 80.3 Å². The van der Waals surface area contributed by atoms with Crippen LogP contribution in [-0.4, -0.2) is 5.97 Å². The van der Waals surface area contributed by atoms with Gasteiger partial charge in [-0.3, -0.25) is 0 Å². The predicted octanol–water partition coefficient (Wildman–Crippen LogP) is 1.73. The monoisotopic (exact) mass is 183 g/mol. The van der Waals surface area contributed by atoms with Crippen molar-refractivity contribution in [2.24, 2.45) is 11.8 Å². The Balaban J connectivity index is 2.14. The van der Waals surface area contributed by atoms with Crippen molar-refractivity contribution in [3.63, 3.8) is 0 Å². The van der Waals surface area contributed by atoms with E-state index in [2.05, 4.69) is 6.92 Å². The van der Waals surface area contributed by atoms with Gasteiger partial charge in [0, 0.05) is 5.97 Å². The van der Waals surface area contributed by atoms with Crippen LogP contribution in [0.3, 0.4) is 0 Å². The number of carbonyl (C=O) groups is 1. The lowest BCUT2D eigenvalue weighted by atomic mass is 9.79. The summed E-state index contributed by atoms with van der Waals surface area (Å²) in [6.45, 7) is 2.24. The topological polar surface area (TPSA) is 40.1 Å². The van der Waals surface area contributed by atoms with Gasteiger partial charge in [-0.15, -0.1) is 0 Å². The maximum Gasteiger partial charge on any atom is 0.0414 e. The highest BCUT2D eigenvalue weighted by molar-refractivity contribution is 5.64. The quantitative estimate of drug-likeness (QED) is 0.666. The minimum Gasteiger partial charge on any atom is -0.550 e. The smallest absolute Gasteiger partial charge is 0.0414 e. The van der Waals surface area contributed by atoms with Gasteiger partial charge in [0.15, 0.2) is 0 Å². The Morgan fingerprint density at radius 3 is 2.23 bits per heavy atom. The molecule has 0 unspecified atom stereocenters. The molecule has 0 aromatic heterocycles. The van der Waals surface area contributed by atoms with Gasteiger partial charge >= 0.3 is 0 Å². The maximum absolute atomic E-state index is 10.3. The summed E-state index contributed by atoms with van der Waals surface area (Å²) < 4.78 is 0. The molecule has 0 spiro atoms. The first kappa shape index (κ1) is 10.6. The van der Waals surface area contributed by atoms with Crippen molar-refractivity contribution >= 4 is 5.97 Å². The fourth-order valence-electron chi connectivity index (χ4n) is 2.25. The van der Waals surface area contributed by atoms with Crippen molar-refractivity contribution in [2.75, 3.05) is 0 Å². The van der Waals surface area contributed by atoms with Crippen molar-refractivity contribution in [3.8, 4) is 0 Å². The van der Waals surface area contributed by atoms with Crippen LogP contribution in [0.1, 0.15) is 51.9 Å². The van der Waals surface area contributed by atoms with Gasteiger partial charge in [-0.05, 0) is 24.7 Å². The molecule has 0 amide bonds. The van der Waals surface area contributed by atoms with E-state index in [0.29, 0.717) is 5.92 Å². The highest BCUT2D eigenvalue weighted by Crippen LogP contribution is 2.32. The zero-order valence-electron chi connectivity index (χ0n) is 8.42. The standard InChI is InChI=1S/C11H20O2/c1-2-9-3-5-10(6-4-9)7-8-11(12)13/h9-10H,2-8H2,1H3,(H,12,13)/p-1. The van der Waals surface area contributed by atoms with Gasteiger partial charge in [-0.2, -0.15) is 0 Å². The summed E-state index contributed by atoms with van der Waals surface area (Å²) >= 11 is 0. The van der Waals surface area contributed by atoms with Crippen molar-refractivity contribution in [2.45, 2.75) is 51.9 Å². The van der Waals surface area contributed by atoms with Crippen LogP contribution in [0, 0.1) is 11.8 Å². The minimum absolute atomic E-state index is 0.251. The molecule has 76 valence electrons. The SMILES string of the molecule is CCC1CCC(CCC(=O)[O-])CC1. The molecular formula is C11H19O2-. The second-order valence-corrected chi connectivity index (χ2v) is 4.21. The van der Waals surface area contributed by atoms with Crippen molar-refractivity contribution < 1.29 is 9.90 Å². The molecule has 0 heterocycles. The molecular weight excluding hydrogens is 164 g/mol. The van der Waals surface area contributed by atoms with Crippen LogP contribution in [-0.2, 0) is 4.79 Å². The largest absolute Gasteiger partial charge is 0.550 e. The molecule has 0 aromatic rings. The molecule has 0 aromatic carbocycles. The molecule has 2 nitrogen and oxygen atoms in total. The first-order valence-electron chi connectivity index (χ1n) is 5.42. The van der Waals surface area contributed by atoms with E-state index in [-0.39, 0.29) is 6.42 Å². The molecule has 1 rings (SSSR count).